The second-order valence-electron chi connectivity index (χ2n) is 4.35. The van der Waals surface area contributed by atoms with Crippen LogP contribution in [0.4, 0.5) is 14.5 Å². The van der Waals surface area contributed by atoms with E-state index in [1.807, 2.05) is 0 Å². The lowest BCUT2D eigenvalue weighted by Gasteiger charge is -2.08. The Morgan fingerprint density at radius 1 is 1.38 bits per heavy atom. The van der Waals surface area contributed by atoms with Gasteiger partial charge in [-0.2, -0.15) is 0 Å². The summed E-state index contributed by atoms with van der Waals surface area (Å²) in [6.45, 7) is 2.01. The van der Waals surface area contributed by atoms with Crippen LogP contribution in [-0.2, 0) is 11.3 Å². The summed E-state index contributed by atoms with van der Waals surface area (Å²) in [5.41, 5.74) is 0.842. The molecular formula is C13H11F2IN2O2S. The monoisotopic (exact) mass is 424 g/mol. The lowest BCUT2D eigenvalue weighted by Crippen LogP contribution is -2.20. The largest absolute Gasteiger partial charge is 0.326 e. The number of amides is 1. The number of carbonyl (C=O) groups is 1. The van der Waals surface area contributed by atoms with E-state index in [2.05, 4.69) is 5.32 Å². The minimum atomic E-state index is -0.726. The molecule has 1 aromatic carbocycles. The Morgan fingerprint density at radius 2 is 2.00 bits per heavy atom. The number of halogens is 3. The SMILES string of the molecule is Cc1csc(=O)n1CCC(=O)Nc1cc(F)c(I)c(F)c1. The van der Waals surface area contributed by atoms with Crippen LogP contribution in [0, 0.1) is 22.1 Å². The van der Waals surface area contributed by atoms with Crippen LogP contribution in [-0.4, -0.2) is 10.5 Å². The van der Waals surface area contributed by atoms with Crippen LogP contribution in [0.15, 0.2) is 22.3 Å². The van der Waals surface area contributed by atoms with Gasteiger partial charge in [-0.05, 0) is 41.6 Å². The molecule has 112 valence electrons. The molecule has 0 saturated heterocycles. The lowest BCUT2D eigenvalue weighted by atomic mass is 10.3. The third-order valence-electron chi connectivity index (χ3n) is 2.81. The van der Waals surface area contributed by atoms with Gasteiger partial charge in [0.05, 0.1) is 3.57 Å². The zero-order valence-corrected chi connectivity index (χ0v) is 13.9. The average molecular weight is 424 g/mol. The zero-order chi connectivity index (χ0) is 15.6. The molecule has 0 radical (unpaired) electrons. The molecule has 2 aromatic rings. The van der Waals surface area contributed by atoms with Crippen LogP contribution in [0.2, 0.25) is 0 Å². The summed E-state index contributed by atoms with van der Waals surface area (Å²) in [5.74, 6) is -1.86. The molecule has 0 aliphatic rings. The van der Waals surface area contributed by atoms with E-state index in [1.165, 1.54) is 4.57 Å². The van der Waals surface area contributed by atoms with Gasteiger partial charge in [0.2, 0.25) is 5.91 Å². The van der Waals surface area contributed by atoms with E-state index in [4.69, 9.17) is 0 Å². The van der Waals surface area contributed by atoms with Crippen molar-refractivity contribution in [2.24, 2.45) is 0 Å². The summed E-state index contributed by atoms with van der Waals surface area (Å²) in [6, 6.07) is 2.12. The van der Waals surface area contributed by atoms with Gasteiger partial charge < -0.3 is 9.88 Å². The molecule has 21 heavy (non-hydrogen) atoms. The molecule has 0 bridgehead atoms. The Morgan fingerprint density at radius 3 is 2.52 bits per heavy atom. The van der Waals surface area contributed by atoms with Crippen molar-refractivity contribution in [3.05, 3.63) is 48.1 Å². The van der Waals surface area contributed by atoms with Crippen LogP contribution >= 0.6 is 33.9 Å². The molecule has 0 aliphatic heterocycles. The molecule has 8 heteroatoms. The van der Waals surface area contributed by atoms with Crippen LogP contribution in [0.3, 0.4) is 0 Å². The summed E-state index contributed by atoms with van der Waals surface area (Å²) in [4.78, 5) is 23.1. The highest BCUT2D eigenvalue weighted by Gasteiger charge is 2.11. The summed E-state index contributed by atoms with van der Waals surface area (Å²) in [5, 5.41) is 4.13. The van der Waals surface area contributed by atoms with Gasteiger partial charge in [-0.25, -0.2) is 8.78 Å². The van der Waals surface area contributed by atoms with Crippen molar-refractivity contribution in [1.29, 1.82) is 0 Å². The maximum Gasteiger partial charge on any atom is 0.307 e. The highest BCUT2D eigenvalue weighted by atomic mass is 127. The molecule has 2 rings (SSSR count). The van der Waals surface area contributed by atoms with Crippen molar-refractivity contribution in [2.75, 3.05) is 5.32 Å². The van der Waals surface area contributed by atoms with Crippen molar-refractivity contribution in [2.45, 2.75) is 19.9 Å². The Hall–Kier alpha value is -1.29. The molecule has 0 atom stereocenters. The Bertz CT molecular complexity index is 719. The molecule has 1 aromatic heterocycles. The number of thiazole rings is 1. The normalized spacial score (nSPS) is 10.7. The molecule has 0 unspecified atom stereocenters. The molecular weight excluding hydrogens is 413 g/mol. The van der Waals surface area contributed by atoms with E-state index in [-0.39, 0.29) is 27.1 Å². The van der Waals surface area contributed by atoms with Crippen LogP contribution in [0.5, 0.6) is 0 Å². The van der Waals surface area contributed by atoms with Crippen molar-refractivity contribution < 1.29 is 13.6 Å². The number of nitrogens with one attached hydrogen (secondary N) is 1. The number of anilines is 1. The molecule has 0 aliphatic carbocycles. The van der Waals surface area contributed by atoms with Gasteiger partial charge in [0.1, 0.15) is 11.6 Å². The second-order valence-corrected chi connectivity index (χ2v) is 6.25. The van der Waals surface area contributed by atoms with E-state index < -0.39 is 17.5 Å². The van der Waals surface area contributed by atoms with Crippen molar-refractivity contribution in [3.8, 4) is 0 Å². The smallest absolute Gasteiger partial charge is 0.307 e. The fraction of sp³-hybridized carbons (Fsp3) is 0.231. The van der Waals surface area contributed by atoms with Gasteiger partial charge in [0.15, 0.2) is 0 Å². The highest BCUT2D eigenvalue weighted by molar-refractivity contribution is 14.1. The Labute approximate surface area is 136 Å². The number of aromatic nitrogens is 1. The maximum absolute atomic E-state index is 13.4. The van der Waals surface area contributed by atoms with Crippen molar-refractivity contribution in [3.63, 3.8) is 0 Å². The summed E-state index contributed by atoms with van der Waals surface area (Å²) in [6.07, 6.45) is 0.0483. The zero-order valence-electron chi connectivity index (χ0n) is 11.0. The molecule has 1 N–H and O–H groups in total. The van der Waals surface area contributed by atoms with Crippen LogP contribution < -0.4 is 10.2 Å². The maximum atomic E-state index is 13.4. The van der Waals surface area contributed by atoms with Crippen LogP contribution in [0.25, 0.3) is 0 Å². The minimum absolute atomic E-state index is 0.0483. The first-order valence-corrected chi connectivity index (χ1v) is 7.93. The quantitative estimate of drug-likeness (QED) is 0.606. The first-order chi connectivity index (χ1) is 9.88. The number of hydrogen-bond donors (Lipinski definition) is 1. The molecule has 0 fully saturated rings. The molecule has 0 saturated carbocycles. The third kappa shape index (κ3) is 3.88. The van der Waals surface area contributed by atoms with Crippen molar-refractivity contribution >= 4 is 45.5 Å². The number of hydrogen-bond acceptors (Lipinski definition) is 3. The van der Waals surface area contributed by atoms with E-state index in [9.17, 15) is 18.4 Å². The van der Waals surface area contributed by atoms with Crippen LogP contribution in [0.1, 0.15) is 12.1 Å². The van der Waals surface area contributed by atoms with E-state index in [0.29, 0.717) is 0 Å². The number of nitrogens with zero attached hydrogens (tertiary/aromatic N) is 1. The van der Waals surface area contributed by atoms with E-state index in [0.717, 1.165) is 29.2 Å². The van der Waals surface area contributed by atoms with Gasteiger partial charge in [0.25, 0.3) is 0 Å². The van der Waals surface area contributed by atoms with Gasteiger partial charge in [-0.3, -0.25) is 9.59 Å². The Balaban J connectivity index is 2.01. The first kappa shape index (κ1) is 16.1. The summed E-state index contributed by atoms with van der Waals surface area (Å²) >= 11 is 2.62. The standard InChI is InChI=1S/C13H11F2IN2O2S/c1-7-6-21-13(20)18(7)3-2-11(19)17-8-4-9(14)12(16)10(15)5-8/h4-6H,2-3H2,1H3,(H,17,19). The minimum Gasteiger partial charge on any atom is -0.326 e. The summed E-state index contributed by atoms with van der Waals surface area (Å²) in [7, 11) is 0. The highest BCUT2D eigenvalue weighted by Crippen LogP contribution is 2.20. The fourth-order valence-electron chi connectivity index (χ4n) is 1.74. The molecule has 0 spiro atoms. The number of aryl methyl sites for hydroxylation is 1. The summed E-state index contributed by atoms with van der Waals surface area (Å²) < 4.78 is 28.1. The van der Waals surface area contributed by atoms with E-state index in [1.54, 1.807) is 34.9 Å². The lowest BCUT2D eigenvalue weighted by molar-refractivity contribution is -0.116. The topological polar surface area (TPSA) is 51.1 Å². The molecule has 1 amide bonds. The second kappa shape index (κ2) is 6.65. The number of rotatable bonds is 4. The van der Waals surface area contributed by atoms with Gasteiger partial charge in [-0.15, -0.1) is 0 Å². The van der Waals surface area contributed by atoms with Gasteiger partial charge >= 0.3 is 4.87 Å². The molecule has 4 nitrogen and oxygen atoms in total. The Kier molecular flexibility index (Phi) is 5.09. The van der Waals surface area contributed by atoms with Gasteiger partial charge in [-0.1, -0.05) is 11.3 Å². The van der Waals surface area contributed by atoms with Crippen molar-refractivity contribution in [1.82, 2.24) is 4.57 Å². The third-order valence-corrected chi connectivity index (χ3v) is 4.72. The van der Waals surface area contributed by atoms with E-state index >= 15 is 0 Å². The first-order valence-electron chi connectivity index (χ1n) is 5.98. The predicted octanol–water partition coefficient (Wildman–Crippen LogP) is 3.13. The number of benzene rings is 1. The predicted molar refractivity (Wildman–Crippen MR) is 85.6 cm³/mol. The average Bonchev–Trinajstić information content (AvgIpc) is 2.73. The molecule has 1 heterocycles. The fourth-order valence-corrected chi connectivity index (χ4v) is 2.81. The number of carbonyl (C=O) groups excluding carboxylic acids is 1. The van der Waals surface area contributed by atoms with Gasteiger partial charge in [0, 0.05) is 29.7 Å².